The average Bonchev–Trinajstić information content (AvgIpc) is 3.24. The number of rotatable bonds is 10. The third-order valence-corrected chi connectivity index (χ3v) is 10.1. The Morgan fingerprint density at radius 1 is 0.400 bits per heavy atom. The number of allylic oxidation sites excluding steroid dienone is 2. The van der Waals surface area contributed by atoms with Crippen LogP contribution in [0.4, 0.5) is 17.1 Å². The monoisotopic (exact) mass is 705 g/mol. The van der Waals surface area contributed by atoms with E-state index in [9.17, 15) is 0 Å². The Kier molecular flexibility index (Phi) is 10.4. The third-order valence-electron chi connectivity index (χ3n) is 10.1. The van der Waals surface area contributed by atoms with Gasteiger partial charge in [0.1, 0.15) is 0 Å². The molecule has 0 aromatic heterocycles. The van der Waals surface area contributed by atoms with Crippen molar-refractivity contribution < 1.29 is 0 Å². The van der Waals surface area contributed by atoms with E-state index in [1.807, 2.05) is 0 Å². The second kappa shape index (κ2) is 16.4. The van der Waals surface area contributed by atoms with Crippen molar-refractivity contribution in [3.63, 3.8) is 0 Å². The highest BCUT2D eigenvalue weighted by Crippen LogP contribution is 2.40. The first-order valence-electron chi connectivity index (χ1n) is 18.9. The highest BCUT2D eigenvalue weighted by molar-refractivity contribution is 6.03. The molecule has 0 fully saturated rings. The molecule has 0 radical (unpaired) electrons. The fraction of sp³-hybridized carbons (Fsp3) is 0.0370. The maximum absolute atomic E-state index is 2.37. The summed E-state index contributed by atoms with van der Waals surface area (Å²) in [5.41, 5.74) is 15.4. The van der Waals surface area contributed by atoms with Crippen molar-refractivity contribution in [3.05, 3.63) is 257 Å². The van der Waals surface area contributed by atoms with Crippen LogP contribution in [0.2, 0.25) is 0 Å². The summed E-state index contributed by atoms with van der Waals surface area (Å²) < 4.78 is 0. The van der Waals surface area contributed by atoms with Crippen molar-refractivity contribution in [1.82, 2.24) is 0 Å². The summed E-state index contributed by atoms with van der Waals surface area (Å²) in [6.07, 6.45) is 8.96. The van der Waals surface area contributed by atoms with Gasteiger partial charge in [-0.1, -0.05) is 199 Å². The molecule has 0 amide bonds. The number of hydrogen-bond donors (Lipinski definition) is 0. The molecule has 0 aliphatic rings. The molecule has 1 heteroatoms. The van der Waals surface area contributed by atoms with Gasteiger partial charge >= 0.3 is 0 Å². The van der Waals surface area contributed by atoms with Crippen LogP contribution in [0.3, 0.4) is 0 Å². The van der Waals surface area contributed by atoms with Gasteiger partial charge in [-0.15, -0.1) is 0 Å². The first-order valence-corrected chi connectivity index (χ1v) is 18.9. The minimum atomic E-state index is 1.10. The smallest absolute Gasteiger partial charge is 0.0540 e. The Morgan fingerprint density at radius 3 is 1.44 bits per heavy atom. The maximum atomic E-state index is 2.37. The molecule has 0 aliphatic heterocycles. The second-order valence-corrected chi connectivity index (χ2v) is 13.9. The van der Waals surface area contributed by atoms with Gasteiger partial charge < -0.3 is 4.90 Å². The molecule has 0 bridgehead atoms. The zero-order chi connectivity index (χ0) is 37.4. The van der Waals surface area contributed by atoms with Gasteiger partial charge in [0.2, 0.25) is 0 Å². The highest BCUT2D eigenvalue weighted by Gasteiger charge is 2.16. The molecule has 0 saturated heterocycles. The number of anilines is 3. The van der Waals surface area contributed by atoms with E-state index in [1.165, 1.54) is 60.9 Å². The van der Waals surface area contributed by atoms with Crippen LogP contribution in [0.1, 0.15) is 44.5 Å². The maximum Gasteiger partial charge on any atom is 0.0540 e. The molecular formula is C54H43N. The van der Waals surface area contributed by atoms with E-state index in [4.69, 9.17) is 0 Å². The Balaban J connectivity index is 1.18. The Bertz CT molecular complexity index is 2510. The van der Waals surface area contributed by atoms with E-state index in [0.29, 0.717) is 0 Å². The minimum Gasteiger partial charge on any atom is -0.310 e. The lowest BCUT2D eigenvalue weighted by Crippen LogP contribution is -2.10. The Labute approximate surface area is 325 Å². The fourth-order valence-corrected chi connectivity index (χ4v) is 7.18. The van der Waals surface area contributed by atoms with Crippen molar-refractivity contribution in [1.29, 1.82) is 0 Å². The molecule has 0 atom stereocenters. The summed E-state index contributed by atoms with van der Waals surface area (Å²) in [5, 5.41) is 2.39. The molecule has 0 aliphatic carbocycles. The SMILES string of the molecule is Cc1ccc(C(=C/C=C/c2ccc(N(c3ccccc3)c3ccc(C=C(c4ccccc4)c4ccccc4)cc3)c3ccccc23)c2ccc(C)cc2)cc1. The largest absolute Gasteiger partial charge is 0.310 e. The molecular weight excluding hydrogens is 663 g/mol. The molecule has 0 heterocycles. The fourth-order valence-electron chi connectivity index (χ4n) is 7.18. The van der Waals surface area contributed by atoms with Crippen molar-refractivity contribution in [2.24, 2.45) is 0 Å². The van der Waals surface area contributed by atoms with E-state index in [1.54, 1.807) is 0 Å². The van der Waals surface area contributed by atoms with E-state index in [2.05, 4.69) is 243 Å². The van der Waals surface area contributed by atoms with E-state index in [-0.39, 0.29) is 0 Å². The van der Waals surface area contributed by atoms with Gasteiger partial charge in [-0.05, 0) is 100 Å². The topological polar surface area (TPSA) is 3.24 Å². The van der Waals surface area contributed by atoms with Crippen molar-refractivity contribution >= 4 is 51.1 Å². The summed E-state index contributed by atoms with van der Waals surface area (Å²) in [6.45, 7) is 4.27. The lowest BCUT2D eigenvalue weighted by Gasteiger charge is -2.27. The Hall–Kier alpha value is -6.96. The molecule has 0 saturated carbocycles. The Morgan fingerprint density at radius 2 is 0.873 bits per heavy atom. The van der Waals surface area contributed by atoms with E-state index in [0.717, 1.165) is 22.6 Å². The van der Waals surface area contributed by atoms with Crippen LogP contribution in [-0.4, -0.2) is 0 Å². The summed E-state index contributed by atoms with van der Waals surface area (Å²) in [7, 11) is 0. The second-order valence-electron chi connectivity index (χ2n) is 13.9. The van der Waals surface area contributed by atoms with Gasteiger partial charge in [0.25, 0.3) is 0 Å². The van der Waals surface area contributed by atoms with Gasteiger partial charge in [-0.3, -0.25) is 0 Å². The summed E-state index contributed by atoms with van der Waals surface area (Å²) in [6, 6.07) is 71.7. The highest BCUT2D eigenvalue weighted by atomic mass is 15.1. The third kappa shape index (κ3) is 8.03. The van der Waals surface area contributed by atoms with Gasteiger partial charge in [-0.2, -0.15) is 0 Å². The summed E-state index contributed by atoms with van der Waals surface area (Å²) in [5.74, 6) is 0. The van der Waals surface area contributed by atoms with Crippen molar-refractivity contribution in [3.8, 4) is 0 Å². The molecule has 264 valence electrons. The molecule has 8 rings (SSSR count). The average molecular weight is 706 g/mol. The van der Waals surface area contributed by atoms with Gasteiger partial charge in [0, 0.05) is 16.8 Å². The first kappa shape index (κ1) is 35.1. The normalized spacial score (nSPS) is 11.0. The molecule has 8 aromatic carbocycles. The predicted octanol–water partition coefficient (Wildman–Crippen LogP) is 14.7. The predicted molar refractivity (Wildman–Crippen MR) is 237 cm³/mol. The zero-order valence-corrected chi connectivity index (χ0v) is 31.3. The number of aryl methyl sites for hydroxylation is 2. The first-order chi connectivity index (χ1) is 27.1. The minimum absolute atomic E-state index is 1.10. The quantitative estimate of drug-likeness (QED) is 0.101. The molecule has 0 unspecified atom stereocenters. The molecule has 55 heavy (non-hydrogen) atoms. The van der Waals surface area contributed by atoms with Crippen molar-refractivity contribution in [2.45, 2.75) is 13.8 Å². The van der Waals surface area contributed by atoms with Crippen LogP contribution in [-0.2, 0) is 0 Å². The summed E-state index contributed by atoms with van der Waals surface area (Å²) in [4.78, 5) is 2.37. The summed E-state index contributed by atoms with van der Waals surface area (Å²) >= 11 is 0. The van der Waals surface area contributed by atoms with E-state index < -0.39 is 0 Å². The molecule has 0 N–H and O–H groups in total. The van der Waals surface area contributed by atoms with Crippen LogP contribution < -0.4 is 4.90 Å². The van der Waals surface area contributed by atoms with Crippen LogP contribution >= 0.6 is 0 Å². The molecule has 1 nitrogen and oxygen atoms in total. The number of fused-ring (bicyclic) bond motifs is 1. The number of hydrogen-bond acceptors (Lipinski definition) is 1. The molecule has 0 spiro atoms. The van der Waals surface area contributed by atoms with Crippen LogP contribution in [0.25, 0.3) is 34.1 Å². The van der Waals surface area contributed by atoms with Crippen LogP contribution in [0, 0.1) is 13.8 Å². The van der Waals surface area contributed by atoms with E-state index >= 15 is 0 Å². The molecule has 8 aromatic rings. The van der Waals surface area contributed by atoms with Crippen LogP contribution in [0.5, 0.6) is 0 Å². The standard InChI is InChI=1S/C54H43N/c1-40-25-31-46(32-26-40)50(47-33-27-41(2)28-34-47)24-14-19-45-35-38-54(52-23-13-12-22-51(45)52)55(48-20-10-5-11-21-48)49-36-29-42(30-37-49)39-53(43-15-6-3-7-16-43)44-17-8-4-9-18-44/h3-39H,1-2H3/b19-14+. The van der Waals surface area contributed by atoms with Gasteiger partial charge in [0.05, 0.1) is 5.69 Å². The van der Waals surface area contributed by atoms with Crippen molar-refractivity contribution in [2.75, 3.05) is 4.90 Å². The van der Waals surface area contributed by atoms with Crippen LogP contribution in [0.15, 0.2) is 212 Å². The lowest BCUT2D eigenvalue weighted by atomic mass is 9.95. The number of nitrogens with zero attached hydrogens (tertiary/aromatic N) is 1. The van der Waals surface area contributed by atoms with Gasteiger partial charge in [0.15, 0.2) is 0 Å². The number of para-hydroxylation sites is 1. The lowest BCUT2D eigenvalue weighted by molar-refractivity contribution is 1.29. The van der Waals surface area contributed by atoms with Gasteiger partial charge in [-0.25, -0.2) is 0 Å². The zero-order valence-electron chi connectivity index (χ0n) is 31.3. The number of benzene rings is 8.